The van der Waals surface area contributed by atoms with Gasteiger partial charge >= 0.3 is 18.9 Å². The zero-order valence-electron chi connectivity index (χ0n) is 7.19. The molecule has 0 radical (unpaired) electrons. The van der Waals surface area contributed by atoms with Crippen LogP contribution in [0.2, 0.25) is 0 Å². The minimum Gasteiger partial charge on any atom is -0.849 e. The van der Waals surface area contributed by atoms with Gasteiger partial charge in [-0.3, -0.25) is 0 Å². The average Bonchev–Trinajstić information content (AvgIpc) is 1.67. The van der Waals surface area contributed by atoms with E-state index < -0.39 is 5.60 Å². The van der Waals surface area contributed by atoms with Gasteiger partial charge in [-0.15, -0.1) is 5.60 Å². The summed E-state index contributed by atoms with van der Waals surface area (Å²) in [6, 6.07) is 0. The molecule has 0 bridgehead atoms. The van der Waals surface area contributed by atoms with Gasteiger partial charge in [-0.25, -0.2) is 0 Å². The van der Waals surface area contributed by atoms with Crippen LogP contribution >= 0.6 is 0 Å². The third-order valence-electron chi connectivity index (χ3n) is 1.92. The van der Waals surface area contributed by atoms with Crippen LogP contribution in [0.5, 0.6) is 0 Å². The molecule has 0 heterocycles. The summed E-state index contributed by atoms with van der Waals surface area (Å²) in [5.74, 6) is 0.257. The zero-order valence-corrected chi connectivity index (χ0v) is 7.19. The van der Waals surface area contributed by atoms with Crippen LogP contribution in [0.25, 0.3) is 0 Å². The predicted molar refractivity (Wildman–Crippen MR) is 33.5 cm³/mol. The fraction of sp³-hybridized carbons (Fsp3) is 1.00. The average molecular weight is 122 g/mol. The first kappa shape index (κ1) is 12.3. The molecule has 0 aromatic rings. The summed E-state index contributed by atoms with van der Waals surface area (Å²) < 4.78 is 0. The normalized spacial score (nSPS) is 16.7. The monoisotopic (exact) mass is 122 g/mol. The first-order chi connectivity index (χ1) is 3.50. The molecular formula is C7H15LiO. The van der Waals surface area contributed by atoms with E-state index in [1.807, 2.05) is 20.8 Å². The van der Waals surface area contributed by atoms with Crippen LogP contribution in [-0.2, 0) is 0 Å². The fourth-order valence-electron chi connectivity index (χ4n) is 0.408. The van der Waals surface area contributed by atoms with Gasteiger partial charge in [0.05, 0.1) is 0 Å². The second-order valence-corrected chi connectivity index (χ2v) is 2.82. The van der Waals surface area contributed by atoms with E-state index in [-0.39, 0.29) is 24.8 Å². The quantitative estimate of drug-likeness (QED) is 0.395. The molecule has 50 valence electrons. The van der Waals surface area contributed by atoms with Crippen molar-refractivity contribution >= 4 is 0 Å². The second-order valence-electron chi connectivity index (χ2n) is 2.82. The fourth-order valence-corrected chi connectivity index (χ4v) is 0.408. The summed E-state index contributed by atoms with van der Waals surface area (Å²) in [7, 11) is 0. The topological polar surface area (TPSA) is 23.1 Å². The Hall–Kier alpha value is 0.557. The first-order valence-corrected chi connectivity index (χ1v) is 3.21. The van der Waals surface area contributed by atoms with E-state index >= 15 is 0 Å². The number of hydrogen-bond donors (Lipinski definition) is 0. The van der Waals surface area contributed by atoms with Gasteiger partial charge in [-0.1, -0.05) is 40.0 Å². The van der Waals surface area contributed by atoms with Gasteiger partial charge < -0.3 is 5.11 Å². The number of hydrogen-bond acceptors (Lipinski definition) is 1. The standard InChI is InChI=1S/C7H15O.Li/c1-5-7(4,8)6(2)3;/h6H,5H2,1-4H3;/q-1;+1. The Bertz CT molecular complexity index is 69.3. The van der Waals surface area contributed by atoms with E-state index in [9.17, 15) is 5.11 Å². The Morgan fingerprint density at radius 2 is 1.78 bits per heavy atom. The van der Waals surface area contributed by atoms with Gasteiger partial charge in [0.15, 0.2) is 0 Å². The van der Waals surface area contributed by atoms with Gasteiger partial charge in [-0.05, 0) is 0 Å². The summed E-state index contributed by atoms with van der Waals surface area (Å²) in [6.07, 6.45) is 0.727. The zero-order chi connectivity index (χ0) is 6.78. The molecule has 0 amide bonds. The minimum atomic E-state index is -0.708. The Labute approximate surface area is 70.0 Å². The molecule has 9 heavy (non-hydrogen) atoms. The van der Waals surface area contributed by atoms with Crippen LogP contribution in [0.3, 0.4) is 0 Å². The van der Waals surface area contributed by atoms with E-state index in [0.29, 0.717) is 0 Å². The van der Waals surface area contributed by atoms with E-state index in [1.54, 1.807) is 6.92 Å². The van der Waals surface area contributed by atoms with Gasteiger partial charge in [-0.2, -0.15) is 0 Å². The molecule has 0 rings (SSSR count). The molecule has 0 saturated carbocycles. The molecule has 0 aromatic carbocycles. The molecule has 0 fully saturated rings. The number of rotatable bonds is 2. The Morgan fingerprint density at radius 3 is 1.78 bits per heavy atom. The van der Waals surface area contributed by atoms with Crippen molar-refractivity contribution in [3.05, 3.63) is 0 Å². The van der Waals surface area contributed by atoms with Crippen LogP contribution in [0.4, 0.5) is 0 Å². The van der Waals surface area contributed by atoms with E-state index in [0.717, 1.165) is 6.42 Å². The van der Waals surface area contributed by atoms with Crippen LogP contribution in [0.15, 0.2) is 0 Å². The largest absolute Gasteiger partial charge is 1.00 e. The Balaban J connectivity index is 0. The summed E-state index contributed by atoms with van der Waals surface area (Å²) in [5, 5.41) is 11.2. The molecule has 0 spiro atoms. The molecule has 2 heteroatoms. The van der Waals surface area contributed by atoms with Crippen molar-refractivity contribution < 1.29 is 24.0 Å². The third kappa shape index (κ3) is 4.03. The molecule has 0 N–H and O–H groups in total. The van der Waals surface area contributed by atoms with E-state index in [1.165, 1.54) is 0 Å². The smallest absolute Gasteiger partial charge is 0.849 e. The molecule has 0 aliphatic rings. The van der Waals surface area contributed by atoms with Crippen molar-refractivity contribution in [3.63, 3.8) is 0 Å². The maximum absolute atomic E-state index is 11.2. The predicted octanol–water partition coefficient (Wildman–Crippen LogP) is -1.82. The Morgan fingerprint density at radius 1 is 1.44 bits per heavy atom. The van der Waals surface area contributed by atoms with Crippen molar-refractivity contribution in [2.75, 3.05) is 0 Å². The maximum Gasteiger partial charge on any atom is 1.00 e. The van der Waals surface area contributed by atoms with E-state index in [4.69, 9.17) is 0 Å². The van der Waals surface area contributed by atoms with Crippen LogP contribution in [-0.4, -0.2) is 5.60 Å². The van der Waals surface area contributed by atoms with Gasteiger partial charge in [0.2, 0.25) is 0 Å². The summed E-state index contributed by atoms with van der Waals surface area (Å²) in [6.45, 7) is 7.64. The molecule has 1 atom stereocenters. The molecule has 1 unspecified atom stereocenters. The molecule has 0 aromatic heterocycles. The maximum atomic E-state index is 11.2. The SMILES string of the molecule is CCC(C)([O-])C(C)C.[Li+]. The van der Waals surface area contributed by atoms with Gasteiger partial charge in [0.1, 0.15) is 0 Å². The second kappa shape index (κ2) is 4.39. The van der Waals surface area contributed by atoms with Crippen molar-refractivity contribution in [1.82, 2.24) is 0 Å². The minimum absolute atomic E-state index is 0. The first-order valence-electron chi connectivity index (χ1n) is 3.21. The summed E-state index contributed by atoms with van der Waals surface area (Å²) in [4.78, 5) is 0. The summed E-state index contributed by atoms with van der Waals surface area (Å²) >= 11 is 0. The van der Waals surface area contributed by atoms with Gasteiger partial charge in [0.25, 0.3) is 0 Å². The molecular weight excluding hydrogens is 107 g/mol. The van der Waals surface area contributed by atoms with Crippen LogP contribution in [0, 0.1) is 5.92 Å². The van der Waals surface area contributed by atoms with E-state index in [2.05, 4.69) is 0 Å². The van der Waals surface area contributed by atoms with Crippen molar-refractivity contribution in [2.45, 2.75) is 39.7 Å². The molecule has 0 aliphatic heterocycles. The molecule has 1 nitrogen and oxygen atoms in total. The van der Waals surface area contributed by atoms with Crippen LogP contribution < -0.4 is 24.0 Å². The summed E-state index contributed by atoms with van der Waals surface area (Å²) in [5.41, 5.74) is -0.708. The van der Waals surface area contributed by atoms with Crippen molar-refractivity contribution in [1.29, 1.82) is 0 Å². The van der Waals surface area contributed by atoms with Crippen molar-refractivity contribution in [3.8, 4) is 0 Å². The van der Waals surface area contributed by atoms with Crippen molar-refractivity contribution in [2.24, 2.45) is 5.92 Å². The third-order valence-corrected chi connectivity index (χ3v) is 1.92. The van der Waals surface area contributed by atoms with Crippen LogP contribution in [0.1, 0.15) is 34.1 Å². The van der Waals surface area contributed by atoms with Gasteiger partial charge in [0, 0.05) is 0 Å². The molecule has 0 aliphatic carbocycles. The Kier molecular flexibility index (Phi) is 5.97. The molecule has 0 saturated heterocycles.